The number of amides is 1. The lowest BCUT2D eigenvalue weighted by molar-refractivity contribution is -0.137. The van der Waals surface area contributed by atoms with Crippen LogP contribution in [0, 0.1) is 13.8 Å². The van der Waals surface area contributed by atoms with Crippen LogP contribution in [0.25, 0.3) is 10.9 Å². The van der Waals surface area contributed by atoms with Gasteiger partial charge in [0.05, 0.1) is 17.7 Å². The van der Waals surface area contributed by atoms with Crippen molar-refractivity contribution in [3.05, 3.63) is 64.8 Å². The number of H-pyrrole nitrogens is 1. The van der Waals surface area contributed by atoms with Crippen LogP contribution in [0.3, 0.4) is 0 Å². The summed E-state index contributed by atoms with van der Waals surface area (Å²) in [5.41, 5.74) is 4.67. The highest BCUT2D eigenvalue weighted by molar-refractivity contribution is 6.06. The van der Waals surface area contributed by atoms with E-state index in [2.05, 4.69) is 10.3 Å². The topological polar surface area (TPSA) is 91.4 Å². The Kier molecular flexibility index (Phi) is 5.99. The van der Waals surface area contributed by atoms with Crippen molar-refractivity contribution in [1.29, 1.82) is 0 Å². The van der Waals surface area contributed by atoms with Gasteiger partial charge in [0.15, 0.2) is 0 Å². The Balaban J connectivity index is 1.58. The average molecular weight is 380 g/mol. The number of aryl methyl sites for hydroxylation is 2. The Morgan fingerprint density at radius 2 is 1.86 bits per heavy atom. The van der Waals surface area contributed by atoms with Crippen molar-refractivity contribution in [2.75, 3.05) is 6.61 Å². The van der Waals surface area contributed by atoms with Gasteiger partial charge in [-0.3, -0.25) is 9.59 Å². The van der Waals surface area contributed by atoms with Gasteiger partial charge in [-0.05, 0) is 49.6 Å². The zero-order chi connectivity index (χ0) is 20.1. The molecule has 1 aromatic heterocycles. The number of aliphatic carboxylic acids is 1. The molecule has 2 aromatic carbocycles. The molecule has 1 heterocycles. The van der Waals surface area contributed by atoms with Crippen LogP contribution in [0.4, 0.5) is 0 Å². The molecule has 1 amide bonds. The fourth-order valence-corrected chi connectivity index (χ4v) is 3.07. The first-order valence-electron chi connectivity index (χ1n) is 9.25. The number of carboxylic acid groups (broad SMARTS) is 1. The number of ether oxygens (including phenoxy) is 1. The molecule has 3 aromatic rings. The fraction of sp³-hybridized carbons (Fsp3) is 0.273. The van der Waals surface area contributed by atoms with Gasteiger partial charge >= 0.3 is 5.97 Å². The maximum absolute atomic E-state index is 12.6. The summed E-state index contributed by atoms with van der Waals surface area (Å²) in [5, 5.41) is 12.6. The Morgan fingerprint density at radius 1 is 1.11 bits per heavy atom. The van der Waals surface area contributed by atoms with E-state index in [1.54, 1.807) is 0 Å². The normalized spacial score (nSPS) is 10.8. The van der Waals surface area contributed by atoms with Crippen molar-refractivity contribution < 1.29 is 19.4 Å². The van der Waals surface area contributed by atoms with Crippen molar-refractivity contribution in [3.63, 3.8) is 0 Å². The quantitative estimate of drug-likeness (QED) is 0.516. The number of aromatic amines is 1. The first-order chi connectivity index (χ1) is 13.5. The summed E-state index contributed by atoms with van der Waals surface area (Å²) in [6, 6.07) is 13.1. The standard InChI is InChI=1S/C22H24N2O4/c1-14-15(2)24-21-18(14)5-3-6-19(21)22(27)23-13-16-8-10-17(11-9-16)28-12-4-7-20(25)26/h3,5-6,8-11,24H,4,7,12-13H2,1-2H3,(H,23,27)(H,25,26). The molecule has 0 fully saturated rings. The molecule has 3 N–H and O–H groups in total. The molecule has 0 saturated carbocycles. The highest BCUT2D eigenvalue weighted by atomic mass is 16.5. The molecule has 0 radical (unpaired) electrons. The molecular weight excluding hydrogens is 356 g/mol. The molecule has 0 aliphatic heterocycles. The Morgan fingerprint density at radius 3 is 2.57 bits per heavy atom. The molecule has 146 valence electrons. The van der Waals surface area contributed by atoms with Crippen molar-refractivity contribution in [3.8, 4) is 5.75 Å². The van der Waals surface area contributed by atoms with E-state index in [4.69, 9.17) is 9.84 Å². The third-order valence-corrected chi connectivity index (χ3v) is 4.77. The summed E-state index contributed by atoms with van der Waals surface area (Å²) in [7, 11) is 0. The van der Waals surface area contributed by atoms with Gasteiger partial charge in [-0.1, -0.05) is 24.3 Å². The fourth-order valence-electron chi connectivity index (χ4n) is 3.07. The molecule has 6 heteroatoms. The lowest BCUT2D eigenvalue weighted by atomic mass is 10.1. The van der Waals surface area contributed by atoms with Gasteiger partial charge < -0.3 is 20.1 Å². The number of carbonyl (C=O) groups excluding carboxylic acids is 1. The summed E-state index contributed by atoms with van der Waals surface area (Å²) in [5.74, 6) is -0.265. The summed E-state index contributed by atoms with van der Waals surface area (Å²) >= 11 is 0. The minimum Gasteiger partial charge on any atom is -0.494 e. The SMILES string of the molecule is Cc1[nH]c2c(C(=O)NCc3ccc(OCCCC(=O)O)cc3)cccc2c1C. The Hall–Kier alpha value is -3.28. The number of fused-ring (bicyclic) bond motifs is 1. The molecule has 0 aliphatic rings. The van der Waals surface area contributed by atoms with Crippen LogP contribution in [-0.2, 0) is 11.3 Å². The summed E-state index contributed by atoms with van der Waals surface area (Å²) in [4.78, 5) is 26.4. The largest absolute Gasteiger partial charge is 0.494 e. The van der Waals surface area contributed by atoms with Gasteiger partial charge in [0.1, 0.15) is 5.75 Å². The maximum Gasteiger partial charge on any atom is 0.303 e. The van der Waals surface area contributed by atoms with Crippen LogP contribution < -0.4 is 10.1 Å². The number of carbonyl (C=O) groups is 2. The Bertz CT molecular complexity index is 990. The first kappa shape index (κ1) is 19.5. The van der Waals surface area contributed by atoms with Crippen LogP contribution in [0.5, 0.6) is 5.75 Å². The molecule has 0 unspecified atom stereocenters. The molecular formula is C22H24N2O4. The van der Waals surface area contributed by atoms with Crippen molar-refractivity contribution in [2.45, 2.75) is 33.2 Å². The van der Waals surface area contributed by atoms with Gasteiger partial charge in [-0.15, -0.1) is 0 Å². The molecule has 0 atom stereocenters. The number of benzene rings is 2. The Labute approximate surface area is 163 Å². The predicted octanol–water partition coefficient (Wildman–Crippen LogP) is 3.96. The van der Waals surface area contributed by atoms with Crippen LogP contribution in [0.1, 0.15) is 40.0 Å². The maximum atomic E-state index is 12.6. The van der Waals surface area contributed by atoms with Crippen LogP contribution in [-0.4, -0.2) is 28.6 Å². The average Bonchev–Trinajstić information content (AvgIpc) is 2.98. The number of nitrogens with one attached hydrogen (secondary N) is 2. The van der Waals surface area contributed by atoms with E-state index < -0.39 is 5.97 Å². The van der Waals surface area contributed by atoms with Crippen LogP contribution in [0.2, 0.25) is 0 Å². The van der Waals surface area contributed by atoms with Gasteiger partial charge in [0.2, 0.25) is 0 Å². The number of rotatable bonds is 8. The smallest absolute Gasteiger partial charge is 0.303 e. The number of aromatic nitrogens is 1. The molecule has 0 saturated heterocycles. The molecule has 0 bridgehead atoms. The second kappa shape index (κ2) is 8.61. The van der Waals surface area contributed by atoms with Gasteiger partial charge in [0, 0.05) is 24.0 Å². The number of hydrogen-bond acceptors (Lipinski definition) is 3. The third kappa shape index (κ3) is 4.52. The lowest BCUT2D eigenvalue weighted by Gasteiger charge is -2.09. The monoisotopic (exact) mass is 380 g/mol. The zero-order valence-electron chi connectivity index (χ0n) is 16.0. The minimum atomic E-state index is -0.824. The lowest BCUT2D eigenvalue weighted by Crippen LogP contribution is -2.23. The number of hydrogen-bond donors (Lipinski definition) is 3. The zero-order valence-corrected chi connectivity index (χ0v) is 16.0. The summed E-state index contributed by atoms with van der Waals surface area (Å²) < 4.78 is 5.51. The minimum absolute atomic E-state index is 0.0940. The first-order valence-corrected chi connectivity index (χ1v) is 9.25. The summed E-state index contributed by atoms with van der Waals surface area (Å²) in [6.07, 6.45) is 0.563. The van der Waals surface area contributed by atoms with Gasteiger partial charge in [-0.25, -0.2) is 0 Å². The number of carboxylic acids is 1. The van der Waals surface area contributed by atoms with E-state index >= 15 is 0 Å². The molecule has 28 heavy (non-hydrogen) atoms. The van der Waals surface area contributed by atoms with E-state index in [0.717, 1.165) is 27.7 Å². The van der Waals surface area contributed by atoms with E-state index in [0.29, 0.717) is 30.9 Å². The second-order valence-electron chi connectivity index (χ2n) is 6.78. The van der Waals surface area contributed by atoms with Crippen molar-refractivity contribution in [1.82, 2.24) is 10.3 Å². The second-order valence-corrected chi connectivity index (χ2v) is 6.78. The van der Waals surface area contributed by atoms with E-state index in [9.17, 15) is 9.59 Å². The van der Waals surface area contributed by atoms with E-state index in [1.165, 1.54) is 0 Å². The predicted molar refractivity (Wildman–Crippen MR) is 108 cm³/mol. The summed E-state index contributed by atoms with van der Waals surface area (Å²) in [6.45, 7) is 4.82. The highest BCUT2D eigenvalue weighted by Crippen LogP contribution is 2.24. The molecule has 0 spiro atoms. The van der Waals surface area contributed by atoms with Crippen LogP contribution in [0.15, 0.2) is 42.5 Å². The van der Waals surface area contributed by atoms with E-state index in [1.807, 2.05) is 56.3 Å². The van der Waals surface area contributed by atoms with Gasteiger partial charge in [0.25, 0.3) is 5.91 Å². The molecule has 0 aliphatic carbocycles. The van der Waals surface area contributed by atoms with Crippen molar-refractivity contribution in [2.24, 2.45) is 0 Å². The number of para-hydroxylation sites is 1. The third-order valence-electron chi connectivity index (χ3n) is 4.77. The highest BCUT2D eigenvalue weighted by Gasteiger charge is 2.13. The van der Waals surface area contributed by atoms with Crippen LogP contribution >= 0.6 is 0 Å². The van der Waals surface area contributed by atoms with Gasteiger partial charge in [-0.2, -0.15) is 0 Å². The molecule has 3 rings (SSSR count). The van der Waals surface area contributed by atoms with Crippen molar-refractivity contribution >= 4 is 22.8 Å². The molecule has 6 nitrogen and oxygen atoms in total. The van der Waals surface area contributed by atoms with E-state index in [-0.39, 0.29) is 12.3 Å².